The Bertz CT molecular complexity index is 388. The van der Waals surface area contributed by atoms with Gasteiger partial charge < -0.3 is 9.31 Å². The fraction of sp³-hybridized carbons (Fsp3) is 0.895. The van der Waals surface area contributed by atoms with Crippen molar-refractivity contribution >= 4 is 7.12 Å². The highest BCUT2D eigenvalue weighted by Crippen LogP contribution is 2.40. The SMILES string of the molecule is CC1(C)OB(C(F)=C2CCCCCCCCCCC2)OC1(C)C. The van der Waals surface area contributed by atoms with Crippen LogP contribution in [0.2, 0.25) is 0 Å². The van der Waals surface area contributed by atoms with Crippen LogP contribution in [0.3, 0.4) is 0 Å². The number of halogens is 1. The van der Waals surface area contributed by atoms with Gasteiger partial charge in [0.1, 0.15) is 5.73 Å². The van der Waals surface area contributed by atoms with Crippen LogP contribution in [0.4, 0.5) is 4.39 Å². The maximum absolute atomic E-state index is 15.0. The molecule has 132 valence electrons. The van der Waals surface area contributed by atoms with Gasteiger partial charge in [0.2, 0.25) is 0 Å². The van der Waals surface area contributed by atoms with Crippen LogP contribution in [0.15, 0.2) is 11.3 Å². The van der Waals surface area contributed by atoms with Crippen LogP contribution in [0.1, 0.15) is 98.3 Å². The lowest BCUT2D eigenvalue weighted by molar-refractivity contribution is 0.00578. The van der Waals surface area contributed by atoms with Crippen LogP contribution >= 0.6 is 0 Å². The fourth-order valence-electron chi connectivity index (χ4n) is 3.39. The first-order chi connectivity index (χ1) is 10.8. The Morgan fingerprint density at radius 3 is 1.48 bits per heavy atom. The molecule has 0 radical (unpaired) electrons. The molecular formula is C19H34BFO2. The molecule has 0 unspecified atom stereocenters. The molecule has 2 fully saturated rings. The van der Waals surface area contributed by atoms with Crippen molar-refractivity contribution in [2.45, 2.75) is 110 Å². The van der Waals surface area contributed by atoms with E-state index in [0.717, 1.165) is 31.3 Å². The Hall–Kier alpha value is -0.345. The largest absolute Gasteiger partial charge is 0.525 e. The van der Waals surface area contributed by atoms with Gasteiger partial charge in [-0.2, -0.15) is 0 Å². The minimum absolute atomic E-state index is 0.152. The minimum atomic E-state index is -0.817. The van der Waals surface area contributed by atoms with Crippen LogP contribution in [0, 0.1) is 0 Å². The molecule has 0 aromatic rings. The minimum Gasteiger partial charge on any atom is -0.398 e. The number of hydrogen-bond acceptors (Lipinski definition) is 2. The summed E-state index contributed by atoms with van der Waals surface area (Å²) in [6.07, 6.45) is 12.9. The van der Waals surface area contributed by atoms with E-state index >= 15 is 4.39 Å². The number of hydrogen-bond donors (Lipinski definition) is 0. The zero-order chi connectivity index (χ0) is 16.9. The van der Waals surface area contributed by atoms with Gasteiger partial charge in [-0.3, -0.25) is 0 Å². The van der Waals surface area contributed by atoms with Gasteiger partial charge in [-0.1, -0.05) is 44.9 Å². The Morgan fingerprint density at radius 2 is 1.09 bits per heavy atom. The highest BCUT2D eigenvalue weighted by atomic mass is 19.1. The van der Waals surface area contributed by atoms with Gasteiger partial charge in [-0.15, -0.1) is 0 Å². The molecule has 23 heavy (non-hydrogen) atoms. The third kappa shape index (κ3) is 5.06. The summed E-state index contributed by atoms with van der Waals surface area (Å²) in [6.45, 7) is 7.91. The topological polar surface area (TPSA) is 18.5 Å². The Balaban J connectivity index is 2.05. The third-order valence-corrected chi connectivity index (χ3v) is 5.76. The van der Waals surface area contributed by atoms with E-state index in [4.69, 9.17) is 9.31 Å². The van der Waals surface area contributed by atoms with E-state index in [0.29, 0.717) is 0 Å². The van der Waals surface area contributed by atoms with E-state index in [1.54, 1.807) is 0 Å². The zero-order valence-electron chi connectivity index (χ0n) is 15.5. The van der Waals surface area contributed by atoms with Crippen molar-refractivity contribution in [2.24, 2.45) is 0 Å². The van der Waals surface area contributed by atoms with Gasteiger partial charge in [0.05, 0.1) is 11.2 Å². The molecule has 2 aliphatic rings. The lowest BCUT2D eigenvalue weighted by atomic mass is 9.81. The highest BCUT2D eigenvalue weighted by Gasteiger charge is 2.53. The first kappa shape index (κ1) is 19.0. The Kier molecular flexibility index (Phi) is 6.73. The van der Waals surface area contributed by atoms with E-state index in [1.807, 2.05) is 27.7 Å². The van der Waals surface area contributed by atoms with E-state index in [9.17, 15) is 0 Å². The average molecular weight is 324 g/mol. The smallest absolute Gasteiger partial charge is 0.398 e. The molecule has 0 spiro atoms. The molecular weight excluding hydrogens is 290 g/mol. The molecule has 1 aliphatic heterocycles. The second-order valence-electron chi connectivity index (χ2n) is 8.22. The normalized spacial score (nSPS) is 26.5. The quantitative estimate of drug-likeness (QED) is 0.539. The van der Waals surface area contributed by atoms with Crippen LogP contribution < -0.4 is 0 Å². The maximum Gasteiger partial charge on any atom is 0.525 e. The van der Waals surface area contributed by atoms with Gasteiger partial charge in [0.15, 0.2) is 0 Å². The summed E-state index contributed by atoms with van der Waals surface area (Å²) in [6, 6.07) is 0. The monoisotopic (exact) mass is 324 g/mol. The molecule has 1 heterocycles. The molecule has 2 nitrogen and oxygen atoms in total. The van der Waals surface area contributed by atoms with E-state index in [-0.39, 0.29) is 5.73 Å². The highest BCUT2D eigenvalue weighted by molar-refractivity contribution is 6.53. The van der Waals surface area contributed by atoms with E-state index in [1.165, 1.54) is 44.9 Å². The molecule has 1 saturated heterocycles. The summed E-state index contributed by atoms with van der Waals surface area (Å²) in [5, 5.41) is 0. The fourth-order valence-corrected chi connectivity index (χ4v) is 3.39. The predicted molar refractivity (Wildman–Crippen MR) is 95.0 cm³/mol. The van der Waals surface area contributed by atoms with E-state index in [2.05, 4.69) is 0 Å². The maximum atomic E-state index is 15.0. The van der Waals surface area contributed by atoms with Crippen LogP contribution in [0.25, 0.3) is 0 Å². The lowest BCUT2D eigenvalue weighted by Crippen LogP contribution is -2.41. The second kappa shape index (κ2) is 8.16. The van der Waals surface area contributed by atoms with Gasteiger partial charge >= 0.3 is 7.12 Å². The molecule has 2 rings (SSSR count). The van der Waals surface area contributed by atoms with Crippen molar-refractivity contribution in [1.82, 2.24) is 0 Å². The predicted octanol–water partition coefficient (Wildman–Crippen LogP) is 6.15. The van der Waals surface area contributed by atoms with Crippen LogP contribution in [-0.4, -0.2) is 18.3 Å². The molecule has 1 aliphatic carbocycles. The van der Waals surface area contributed by atoms with Crippen LogP contribution in [-0.2, 0) is 9.31 Å². The molecule has 0 atom stereocenters. The molecule has 0 amide bonds. The van der Waals surface area contributed by atoms with Crippen molar-refractivity contribution in [3.63, 3.8) is 0 Å². The molecule has 1 saturated carbocycles. The molecule has 4 heteroatoms. The average Bonchev–Trinajstić information content (AvgIpc) is 2.67. The summed E-state index contributed by atoms with van der Waals surface area (Å²) >= 11 is 0. The van der Waals surface area contributed by atoms with Gasteiger partial charge in [-0.25, -0.2) is 4.39 Å². The first-order valence-electron chi connectivity index (χ1n) is 9.56. The zero-order valence-corrected chi connectivity index (χ0v) is 15.5. The van der Waals surface area contributed by atoms with Gasteiger partial charge in [-0.05, 0) is 59.0 Å². The lowest BCUT2D eigenvalue weighted by Gasteiger charge is -2.32. The van der Waals surface area contributed by atoms with Crippen molar-refractivity contribution < 1.29 is 13.7 Å². The van der Waals surface area contributed by atoms with Crippen molar-refractivity contribution in [2.75, 3.05) is 0 Å². The summed E-state index contributed by atoms with van der Waals surface area (Å²) in [4.78, 5) is 0. The first-order valence-corrected chi connectivity index (χ1v) is 9.56. The Morgan fingerprint density at radius 1 is 0.739 bits per heavy atom. The summed E-state index contributed by atoms with van der Waals surface area (Å²) < 4.78 is 26.8. The summed E-state index contributed by atoms with van der Waals surface area (Å²) in [5.41, 5.74) is -0.160. The van der Waals surface area contributed by atoms with Crippen molar-refractivity contribution in [1.29, 1.82) is 0 Å². The molecule has 0 N–H and O–H groups in total. The van der Waals surface area contributed by atoms with Crippen molar-refractivity contribution in [3.8, 4) is 0 Å². The van der Waals surface area contributed by atoms with Crippen LogP contribution in [0.5, 0.6) is 0 Å². The standard InChI is InChI=1S/C19H34BFO2/c1-18(2)19(3,4)23-20(22-18)17(21)16-14-12-10-8-6-5-7-9-11-13-15-16/h5-15H2,1-4H3. The van der Waals surface area contributed by atoms with Gasteiger partial charge in [0.25, 0.3) is 0 Å². The van der Waals surface area contributed by atoms with E-state index < -0.39 is 18.3 Å². The number of rotatable bonds is 1. The van der Waals surface area contributed by atoms with Gasteiger partial charge in [0, 0.05) is 0 Å². The molecule has 0 aromatic carbocycles. The molecule has 0 aromatic heterocycles. The number of allylic oxidation sites excluding steroid dienone is 1. The summed E-state index contributed by atoms with van der Waals surface area (Å²) in [7, 11) is -0.817. The second-order valence-corrected chi connectivity index (χ2v) is 8.22. The van der Waals surface area contributed by atoms with Crippen molar-refractivity contribution in [3.05, 3.63) is 11.3 Å². The summed E-state index contributed by atoms with van der Waals surface area (Å²) in [5.74, 6) is 0. The third-order valence-electron chi connectivity index (χ3n) is 5.76. The Labute approximate surface area is 142 Å². The molecule has 0 bridgehead atoms.